The normalized spacial score (nSPS) is 12.4. The van der Waals surface area contributed by atoms with E-state index in [2.05, 4.69) is 302 Å². The lowest BCUT2D eigenvalue weighted by atomic mass is 9.67. The van der Waals surface area contributed by atoms with Crippen molar-refractivity contribution in [3.63, 3.8) is 0 Å². The Bertz CT molecular complexity index is 4180. The summed E-state index contributed by atoms with van der Waals surface area (Å²) in [5.41, 5.74) is 19.9. The Morgan fingerprint density at radius 2 is 0.716 bits per heavy atom. The molecule has 1 nitrogen and oxygen atoms in total. The van der Waals surface area contributed by atoms with Gasteiger partial charge in [0.1, 0.15) is 0 Å². The van der Waals surface area contributed by atoms with Gasteiger partial charge in [-0.3, -0.25) is 0 Å². The number of fused-ring (bicyclic) bond motifs is 7. The zero-order valence-corrected chi connectivity index (χ0v) is 40.7. The number of rotatable bonds is 9. The van der Waals surface area contributed by atoms with Gasteiger partial charge in [0.2, 0.25) is 0 Å². The molecule has 0 spiro atoms. The van der Waals surface area contributed by atoms with Crippen molar-refractivity contribution in [2.75, 3.05) is 4.90 Å². The molecule has 0 N–H and O–H groups in total. The van der Waals surface area contributed by atoms with E-state index in [9.17, 15) is 0 Å². The molecular formula is C73H49N. The molecule has 0 saturated carbocycles. The lowest BCUT2D eigenvalue weighted by Crippen LogP contribution is -2.28. The van der Waals surface area contributed by atoms with Crippen LogP contribution >= 0.6 is 0 Å². The fourth-order valence-corrected chi connectivity index (χ4v) is 12.2. The molecule has 0 aromatic heterocycles. The molecule has 0 radical (unpaired) electrons. The molecule has 1 aliphatic carbocycles. The van der Waals surface area contributed by atoms with Crippen molar-refractivity contribution in [2.24, 2.45) is 0 Å². The third-order valence-electron chi connectivity index (χ3n) is 15.5. The molecule has 1 heteroatoms. The number of hydrogen-bond acceptors (Lipinski definition) is 1. The molecule has 0 unspecified atom stereocenters. The minimum absolute atomic E-state index is 0.534. The van der Waals surface area contributed by atoms with Crippen LogP contribution in [0.25, 0.3) is 88.0 Å². The van der Waals surface area contributed by atoms with E-state index >= 15 is 0 Å². The highest BCUT2D eigenvalue weighted by Gasteiger charge is 2.46. The van der Waals surface area contributed by atoms with E-state index in [1.54, 1.807) is 0 Å². The first-order chi connectivity index (χ1) is 36.7. The van der Waals surface area contributed by atoms with Gasteiger partial charge in [-0.15, -0.1) is 0 Å². The SMILES string of the molecule is c1ccc(-c2c(-c3ccccc3)c3cc(-c4ccc(N(c5cccc(-c6ccc7ccccc7c6)c5)c5ccc6c(c5)C(c5ccccc5)(c5ccccc5)c5ccccc5-6)cc4)ccc3c3ccccc23)cc1. The average molecular weight is 940 g/mol. The molecule has 13 aromatic carbocycles. The molecule has 0 aliphatic heterocycles. The monoisotopic (exact) mass is 939 g/mol. The van der Waals surface area contributed by atoms with Crippen molar-refractivity contribution in [3.8, 4) is 55.6 Å². The second-order valence-electron chi connectivity index (χ2n) is 19.5. The molecule has 0 bridgehead atoms. The van der Waals surface area contributed by atoms with Gasteiger partial charge in [-0.2, -0.15) is 0 Å². The summed E-state index contributed by atoms with van der Waals surface area (Å²) in [6.07, 6.45) is 0. The van der Waals surface area contributed by atoms with Gasteiger partial charge in [0.15, 0.2) is 0 Å². The summed E-state index contributed by atoms with van der Waals surface area (Å²) >= 11 is 0. The van der Waals surface area contributed by atoms with Crippen LogP contribution in [0.15, 0.2) is 297 Å². The molecule has 1 aliphatic rings. The second kappa shape index (κ2) is 17.9. The van der Waals surface area contributed by atoms with Crippen molar-refractivity contribution in [1.29, 1.82) is 0 Å². The fraction of sp³-hybridized carbons (Fsp3) is 0.0137. The average Bonchev–Trinajstić information content (AvgIpc) is 3.85. The van der Waals surface area contributed by atoms with Gasteiger partial charge in [-0.25, -0.2) is 0 Å². The van der Waals surface area contributed by atoms with Crippen molar-refractivity contribution >= 4 is 49.4 Å². The van der Waals surface area contributed by atoms with E-state index in [-0.39, 0.29) is 0 Å². The summed E-state index contributed by atoms with van der Waals surface area (Å²) in [6, 6.07) is 110. The van der Waals surface area contributed by atoms with Gasteiger partial charge < -0.3 is 4.90 Å². The number of hydrogen-bond donors (Lipinski definition) is 0. The maximum atomic E-state index is 2.47. The molecule has 74 heavy (non-hydrogen) atoms. The predicted octanol–water partition coefficient (Wildman–Crippen LogP) is 19.6. The quantitative estimate of drug-likeness (QED) is 0.130. The summed E-state index contributed by atoms with van der Waals surface area (Å²) in [4.78, 5) is 2.45. The first-order valence-corrected chi connectivity index (χ1v) is 25.7. The Hall–Kier alpha value is -9.56. The zero-order chi connectivity index (χ0) is 49.0. The highest BCUT2D eigenvalue weighted by atomic mass is 15.1. The van der Waals surface area contributed by atoms with Crippen LogP contribution in [0, 0.1) is 0 Å². The lowest BCUT2D eigenvalue weighted by molar-refractivity contribution is 0.768. The van der Waals surface area contributed by atoms with Crippen LogP contribution in [-0.4, -0.2) is 0 Å². The van der Waals surface area contributed by atoms with Gasteiger partial charge in [0, 0.05) is 17.1 Å². The highest BCUT2D eigenvalue weighted by Crippen LogP contribution is 2.57. The Labute approximate surface area is 432 Å². The minimum atomic E-state index is -0.534. The first kappa shape index (κ1) is 43.2. The Kier molecular flexibility index (Phi) is 10.5. The molecule has 0 amide bonds. The van der Waals surface area contributed by atoms with E-state index in [1.165, 1.54) is 105 Å². The summed E-state index contributed by atoms with van der Waals surface area (Å²) in [7, 11) is 0. The van der Waals surface area contributed by atoms with Gasteiger partial charge in [0.05, 0.1) is 5.41 Å². The summed E-state index contributed by atoms with van der Waals surface area (Å²) < 4.78 is 0. The van der Waals surface area contributed by atoms with Crippen LogP contribution in [0.3, 0.4) is 0 Å². The van der Waals surface area contributed by atoms with Crippen molar-refractivity contribution < 1.29 is 0 Å². The van der Waals surface area contributed by atoms with E-state index in [1.807, 2.05) is 0 Å². The molecule has 0 saturated heterocycles. The third kappa shape index (κ3) is 7.08. The number of anilines is 3. The van der Waals surface area contributed by atoms with Gasteiger partial charge in [0.25, 0.3) is 0 Å². The standard InChI is InChI=1S/C73H49N/c1-5-21-52(22-6-1)71-67-34-16-15-32-63(67)64-44-40-57(48-68(64)72(71)53-23-7-2-8-24-53)51-38-41-60(42-39-51)74(61-31-19-26-55(47-61)56-37-36-50-20-13-14-25-54(50)46-56)62-43-45-66-65-33-17-18-35-69(65)73(70(66)49-62,58-27-9-3-10-28-58)59-29-11-4-12-30-59/h1-49H. The van der Waals surface area contributed by atoms with Gasteiger partial charge in [-0.05, 0) is 159 Å². The Balaban J connectivity index is 0.957. The molecular weight excluding hydrogens is 891 g/mol. The maximum Gasteiger partial charge on any atom is 0.0714 e. The summed E-state index contributed by atoms with van der Waals surface area (Å²) in [5.74, 6) is 0. The highest BCUT2D eigenvalue weighted by molar-refractivity contribution is 6.22. The van der Waals surface area contributed by atoms with Gasteiger partial charge >= 0.3 is 0 Å². The van der Waals surface area contributed by atoms with E-state index in [0.717, 1.165) is 22.6 Å². The van der Waals surface area contributed by atoms with Crippen LogP contribution in [0.5, 0.6) is 0 Å². The van der Waals surface area contributed by atoms with Crippen molar-refractivity contribution in [3.05, 3.63) is 320 Å². The van der Waals surface area contributed by atoms with E-state index < -0.39 is 5.41 Å². The lowest BCUT2D eigenvalue weighted by Gasteiger charge is -2.35. The smallest absolute Gasteiger partial charge is 0.0714 e. The minimum Gasteiger partial charge on any atom is -0.310 e. The van der Waals surface area contributed by atoms with Crippen molar-refractivity contribution in [2.45, 2.75) is 5.41 Å². The van der Waals surface area contributed by atoms with E-state index in [4.69, 9.17) is 0 Å². The molecule has 0 heterocycles. The van der Waals surface area contributed by atoms with Crippen LogP contribution < -0.4 is 4.90 Å². The topological polar surface area (TPSA) is 3.24 Å². The first-order valence-electron chi connectivity index (χ1n) is 25.7. The number of nitrogens with zero attached hydrogens (tertiary/aromatic N) is 1. The van der Waals surface area contributed by atoms with Gasteiger partial charge in [-0.1, -0.05) is 249 Å². The van der Waals surface area contributed by atoms with E-state index in [0.29, 0.717) is 0 Å². The largest absolute Gasteiger partial charge is 0.310 e. The maximum absolute atomic E-state index is 2.47. The van der Waals surface area contributed by atoms with Crippen molar-refractivity contribution in [1.82, 2.24) is 0 Å². The summed E-state index contributed by atoms with van der Waals surface area (Å²) in [6.45, 7) is 0. The van der Waals surface area contributed by atoms with Crippen LogP contribution in [0.1, 0.15) is 22.3 Å². The van der Waals surface area contributed by atoms with Crippen LogP contribution in [0.4, 0.5) is 17.1 Å². The fourth-order valence-electron chi connectivity index (χ4n) is 12.2. The molecule has 13 aromatic rings. The zero-order valence-electron chi connectivity index (χ0n) is 40.7. The predicted molar refractivity (Wildman–Crippen MR) is 313 cm³/mol. The van der Waals surface area contributed by atoms with Crippen LogP contribution in [0.2, 0.25) is 0 Å². The molecule has 0 atom stereocenters. The summed E-state index contributed by atoms with van der Waals surface area (Å²) in [5, 5.41) is 7.46. The molecule has 346 valence electrons. The Morgan fingerprint density at radius 1 is 0.230 bits per heavy atom. The number of benzene rings is 13. The Morgan fingerprint density at radius 3 is 1.43 bits per heavy atom. The third-order valence-corrected chi connectivity index (χ3v) is 15.5. The molecule has 14 rings (SSSR count). The van der Waals surface area contributed by atoms with Crippen LogP contribution in [-0.2, 0) is 5.41 Å². The second-order valence-corrected chi connectivity index (χ2v) is 19.5. The molecule has 0 fully saturated rings.